The molecule has 0 saturated carbocycles. The summed E-state index contributed by atoms with van der Waals surface area (Å²) in [6.45, 7) is 3.12. The third kappa shape index (κ3) is 5.05. The van der Waals surface area contributed by atoms with Crippen LogP contribution in [-0.4, -0.2) is 38.8 Å². The molecule has 0 aliphatic rings. The van der Waals surface area contributed by atoms with E-state index in [0.717, 1.165) is 10.4 Å². The lowest BCUT2D eigenvalue weighted by Crippen LogP contribution is -2.38. The number of hydrogen-bond donors (Lipinski definition) is 1. The molecule has 0 aromatic heterocycles. The molecular weight excluding hydrogens is 371 g/mol. The van der Waals surface area contributed by atoms with Gasteiger partial charge in [0, 0.05) is 6.54 Å². The molecule has 27 heavy (non-hydrogen) atoms. The van der Waals surface area contributed by atoms with Crippen LogP contribution in [0.15, 0.2) is 47.4 Å². The van der Waals surface area contributed by atoms with Crippen LogP contribution in [0.4, 0.5) is 10.1 Å². The van der Waals surface area contributed by atoms with Gasteiger partial charge >= 0.3 is 0 Å². The Morgan fingerprint density at radius 1 is 1.22 bits per heavy atom. The summed E-state index contributed by atoms with van der Waals surface area (Å²) in [4.78, 5) is 12.4. The zero-order chi connectivity index (χ0) is 20.0. The molecule has 6 nitrogen and oxygen atoms in total. The molecule has 0 aliphatic carbocycles. The molecule has 1 amide bonds. The molecule has 0 atom stereocenters. The molecule has 2 aromatic rings. The number of para-hydroxylation sites is 2. The van der Waals surface area contributed by atoms with Gasteiger partial charge in [-0.1, -0.05) is 19.1 Å². The fourth-order valence-electron chi connectivity index (χ4n) is 2.56. The number of halogens is 1. The van der Waals surface area contributed by atoms with Crippen LogP contribution in [0.2, 0.25) is 0 Å². The number of nitrogens with one attached hydrogen (secondary N) is 1. The summed E-state index contributed by atoms with van der Waals surface area (Å²) in [7, 11) is -2.45. The average molecular weight is 394 g/mol. The maximum atomic E-state index is 13.5. The summed E-state index contributed by atoms with van der Waals surface area (Å²) in [5, 5.41) is 2.66. The van der Waals surface area contributed by atoms with Crippen molar-refractivity contribution in [3.8, 4) is 5.75 Å². The molecule has 0 spiro atoms. The summed E-state index contributed by atoms with van der Waals surface area (Å²) in [5.41, 5.74) is 0.683. The van der Waals surface area contributed by atoms with Crippen molar-refractivity contribution in [2.45, 2.75) is 25.2 Å². The van der Waals surface area contributed by atoms with Gasteiger partial charge in [0.05, 0.1) is 24.2 Å². The van der Waals surface area contributed by atoms with Crippen molar-refractivity contribution in [3.05, 3.63) is 53.8 Å². The van der Waals surface area contributed by atoms with Gasteiger partial charge in [0.15, 0.2) is 0 Å². The molecule has 2 aromatic carbocycles. The first-order chi connectivity index (χ1) is 12.8. The molecule has 0 fully saturated rings. The topological polar surface area (TPSA) is 75.7 Å². The fraction of sp³-hybridized carbons (Fsp3) is 0.316. The Labute approximate surface area is 159 Å². The van der Waals surface area contributed by atoms with E-state index in [2.05, 4.69) is 5.32 Å². The van der Waals surface area contributed by atoms with Crippen LogP contribution < -0.4 is 10.1 Å². The van der Waals surface area contributed by atoms with E-state index in [-0.39, 0.29) is 23.5 Å². The summed E-state index contributed by atoms with van der Waals surface area (Å²) in [6.07, 6.45) is 0.529. The zero-order valence-electron chi connectivity index (χ0n) is 15.5. The van der Waals surface area contributed by atoms with Crippen LogP contribution in [0.1, 0.15) is 18.9 Å². The SMILES string of the molecule is CCCN(CC(=O)Nc1ccccc1OC)S(=O)(=O)c1ccc(F)c(C)c1. The van der Waals surface area contributed by atoms with Crippen molar-refractivity contribution in [3.63, 3.8) is 0 Å². The summed E-state index contributed by atoms with van der Waals surface area (Å²) < 4.78 is 45.5. The van der Waals surface area contributed by atoms with E-state index in [1.54, 1.807) is 24.3 Å². The fourth-order valence-corrected chi connectivity index (χ4v) is 4.13. The second kappa shape index (κ2) is 8.96. The number of rotatable bonds is 8. The van der Waals surface area contributed by atoms with Crippen molar-refractivity contribution < 1.29 is 22.3 Å². The molecule has 2 rings (SSSR count). The number of aryl methyl sites for hydroxylation is 1. The van der Waals surface area contributed by atoms with Crippen molar-refractivity contribution >= 4 is 21.6 Å². The van der Waals surface area contributed by atoms with E-state index < -0.39 is 21.7 Å². The Bertz CT molecular complexity index is 916. The molecule has 0 unspecified atom stereocenters. The molecule has 1 N–H and O–H groups in total. The largest absolute Gasteiger partial charge is 0.495 e. The first kappa shape index (κ1) is 20.9. The maximum absolute atomic E-state index is 13.5. The van der Waals surface area contributed by atoms with Gasteiger partial charge in [-0.15, -0.1) is 0 Å². The van der Waals surface area contributed by atoms with Crippen molar-refractivity contribution in [1.82, 2.24) is 4.31 Å². The molecule has 0 heterocycles. The average Bonchev–Trinajstić information content (AvgIpc) is 2.64. The number of benzene rings is 2. The summed E-state index contributed by atoms with van der Waals surface area (Å²) in [5.74, 6) is -0.495. The Kier molecular flexibility index (Phi) is 6.92. The number of nitrogens with zero attached hydrogens (tertiary/aromatic N) is 1. The molecule has 0 saturated heterocycles. The number of hydrogen-bond acceptors (Lipinski definition) is 4. The lowest BCUT2D eigenvalue weighted by atomic mass is 10.2. The van der Waals surface area contributed by atoms with E-state index in [1.807, 2.05) is 6.92 Å². The first-order valence-corrected chi connectivity index (χ1v) is 9.92. The lowest BCUT2D eigenvalue weighted by molar-refractivity contribution is -0.116. The monoisotopic (exact) mass is 394 g/mol. The molecule has 8 heteroatoms. The second-order valence-electron chi connectivity index (χ2n) is 6.00. The number of anilines is 1. The Morgan fingerprint density at radius 2 is 1.93 bits per heavy atom. The smallest absolute Gasteiger partial charge is 0.243 e. The standard InChI is InChI=1S/C19H23FN2O4S/c1-4-11-22(27(24,25)15-9-10-16(20)14(2)12-15)13-19(23)21-17-7-5-6-8-18(17)26-3/h5-10,12H,4,11,13H2,1-3H3,(H,21,23). The van der Waals surface area contributed by atoms with Crippen LogP contribution in [0.5, 0.6) is 5.75 Å². The Morgan fingerprint density at radius 3 is 2.56 bits per heavy atom. The first-order valence-electron chi connectivity index (χ1n) is 8.48. The minimum absolute atomic E-state index is 0.0417. The van der Waals surface area contributed by atoms with Crippen LogP contribution in [-0.2, 0) is 14.8 Å². The molecule has 0 radical (unpaired) electrons. The van der Waals surface area contributed by atoms with Crippen LogP contribution in [0.3, 0.4) is 0 Å². The third-order valence-electron chi connectivity index (χ3n) is 3.94. The number of carbonyl (C=O) groups is 1. The van der Waals surface area contributed by atoms with E-state index in [4.69, 9.17) is 4.74 Å². The van der Waals surface area contributed by atoms with Crippen LogP contribution in [0, 0.1) is 12.7 Å². The minimum atomic E-state index is -3.93. The Balaban J connectivity index is 2.23. The van der Waals surface area contributed by atoms with Gasteiger partial charge in [0.25, 0.3) is 0 Å². The summed E-state index contributed by atoms with van der Waals surface area (Å²) in [6, 6.07) is 10.4. The normalized spacial score (nSPS) is 11.4. The minimum Gasteiger partial charge on any atom is -0.495 e. The van der Waals surface area contributed by atoms with E-state index >= 15 is 0 Å². The highest BCUT2D eigenvalue weighted by molar-refractivity contribution is 7.89. The number of carbonyl (C=O) groups excluding carboxylic acids is 1. The van der Waals surface area contributed by atoms with Crippen molar-refractivity contribution in [1.29, 1.82) is 0 Å². The van der Waals surface area contributed by atoms with Gasteiger partial charge in [-0.3, -0.25) is 4.79 Å². The number of ether oxygens (including phenoxy) is 1. The molecule has 0 bridgehead atoms. The van der Waals surface area contributed by atoms with E-state index in [0.29, 0.717) is 17.9 Å². The van der Waals surface area contributed by atoms with Gasteiger partial charge in [-0.05, 0) is 49.2 Å². The molecular formula is C19H23FN2O4S. The number of amides is 1. The quantitative estimate of drug-likeness (QED) is 0.746. The predicted octanol–water partition coefficient (Wildman–Crippen LogP) is 3.18. The third-order valence-corrected chi connectivity index (χ3v) is 5.78. The van der Waals surface area contributed by atoms with Crippen molar-refractivity contribution in [2.75, 3.05) is 25.5 Å². The maximum Gasteiger partial charge on any atom is 0.243 e. The molecule has 0 aliphatic heterocycles. The van der Waals surface area contributed by atoms with Crippen molar-refractivity contribution in [2.24, 2.45) is 0 Å². The highest BCUT2D eigenvalue weighted by atomic mass is 32.2. The lowest BCUT2D eigenvalue weighted by Gasteiger charge is -2.21. The van der Waals surface area contributed by atoms with Crippen LogP contribution >= 0.6 is 0 Å². The summed E-state index contributed by atoms with van der Waals surface area (Å²) >= 11 is 0. The van der Waals surface area contributed by atoms with E-state index in [9.17, 15) is 17.6 Å². The highest BCUT2D eigenvalue weighted by Crippen LogP contribution is 2.23. The van der Waals surface area contributed by atoms with Gasteiger partial charge in [0.2, 0.25) is 15.9 Å². The number of methoxy groups -OCH3 is 1. The van der Waals surface area contributed by atoms with Gasteiger partial charge in [-0.25, -0.2) is 12.8 Å². The van der Waals surface area contributed by atoms with E-state index in [1.165, 1.54) is 26.2 Å². The van der Waals surface area contributed by atoms with Gasteiger partial charge in [0.1, 0.15) is 11.6 Å². The number of sulfonamides is 1. The van der Waals surface area contributed by atoms with Gasteiger partial charge in [-0.2, -0.15) is 4.31 Å². The second-order valence-corrected chi connectivity index (χ2v) is 7.94. The van der Waals surface area contributed by atoms with Gasteiger partial charge < -0.3 is 10.1 Å². The predicted molar refractivity (Wildman–Crippen MR) is 102 cm³/mol. The molecule has 146 valence electrons. The van der Waals surface area contributed by atoms with Crippen LogP contribution in [0.25, 0.3) is 0 Å². The highest BCUT2D eigenvalue weighted by Gasteiger charge is 2.26. The Hall–Kier alpha value is -2.45. The zero-order valence-corrected chi connectivity index (χ0v) is 16.3.